The van der Waals surface area contributed by atoms with Crippen LogP contribution in [0.5, 0.6) is 0 Å². The average Bonchev–Trinajstić information content (AvgIpc) is 2.54. The zero-order valence-electron chi connectivity index (χ0n) is 12.0. The number of hydrogen-bond acceptors (Lipinski definition) is 3. The van der Waals surface area contributed by atoms with Crippen LogP contribution in [0.2, 0.25) is 0 Å². The Kier molecular flexibility index (Phi) is 5.19. The number of benzene rings is 1. The Morgan fingerprint density at radius 1 is 1.23 bits per heavy atom. The van der Waals surface area contributed by atoms with E-state index < -0.39 is 11.7 Å². The third kappa shape index (κ3) is 4.12. The second-order valence-corrected chi connectivity index (χ2v) is 4.74. The van der Waals surface area contributed by atoms with E-state index in [4.69, 9.17) is 0 Å². The fraction of sp³-hybridized carbons (Fsp3) is 0.188. The van der Waals surface area contributed by atoms with Crippen LogP contribution in [0, 0.1) is 5.82 Å². The zero-order valence-corrected chi connectivity index (χ0v) is 12.0. The molecule has 0 bridgehead atoms. The van der Waals surface area contributed by atoms with Crippen molar-refractivity contribution in [3.8, 4) is 0 Å². The number of halogens is 1. The van der Waals surface area contributed by atoms with E-state index in [0.29, 0.717) is 0 Å². The molecule has 1 atom stereocenters. The summed E-state index contributed by atoms with van der Waals surface area (Å²) in [4.78, 5) is 27.6. The summed E-state index contributed by atoms with van der Waals surface area (Å²) in [7, 11) is 0. The summed E-state index contributed by atoms with van der Waals surface area (Å²) in [6.07, 6.45) is 3.30. The number of carbonyl (C=O) groups is 2. The van der Waals surface area contributed by atoms with Gasteiger partial charge in [-0.2, -0.15) is 0 Å². The van der Waals surface area contributed by atoms with E-state index in [0.717, 1.165) is 5.56 Å². The van der Waals surface area contributed by atoms with Gasteiger partial charge in [0.15, 0.2) is 0 Å². The van der Waals surface area contributed by atoms with Gasteiger partial charge in [0.2, 0.25) is 5.91 Å². The normalized spacial score (nSPS) is 11.5. The number of aromatic nitrogens is 1. The summed E-state index contributed by atoms with van der Waals surface area (Å²) >= 11 is 0. The Bertz CT molecular complexity index is 661. The molecule has 1 aromatic heterocycles. The van der Waals surface area contributed by atoms with E-state index in [1.54, 1.807) is 24.5 Å². The minimum absolute atomic E-state index is 0.0874. The molecule has 1 aromatic carbocycles. The monoisotopic (exact) mass is 301 g/mol. The molecule has 1 heterocycles. The van der Waals surface area contributed by atoms with Crippen LogP contribution in [0.15, 0.2) is 48.8 Å². The SMILES string of the molecule is CC(NC(=O)CNC(=O)c1ccccc1F)c1cccnc1. The van der Waals surface area contributed by atoms with Crippen molar-refractivity contribution in [2.75, 3.05) is 6.54 Å². The fourth-order valence-corrected chi connectivity index (χ4v) is 1.91. The maximum absolute atomic E-state index is 13.4. The molecule has 0 aliphatic carbocycles. The van der Waals surface area contributed by atoms with Gasteiger partial charge < -0.3 is 10.6 Å². The average molecular weight is 301 g/mol. The van der Waals surface area contributed by atoms with Crippen molar-refractivity contribution in [2.45, 2.75) is 13.0 Å². The number of hydrogen-bond donors (Lipinski definition) is 2. The molecule has 2 rings (SSSR count). The summed E-state index contributed by atoms with van der Waals surface area (Å²) < 4.78 is 13.4. The first-order chi connectivity index (χ1) is 10.6. The standard InChI is InChI=1S/C16H16FN3O2/c1-11(12-5-4-8-18-9-12)20-15(21)10-19-16(22)13-6-2-3-7-14(13)17/h2-9,11H,10H2,1H3,(H,19,22)(H,20,21). The Labute approximate surface area is 127 Å². The molecule has 114 valence electrons. The summed E-state index contributed by atoms with van der Waals surface area (Å²) in [5.74, 6) is -1.60. The molecule has 0 fully saturated rings. The highest BCUT2D eigenvalue weighted by Gasteiger charge is 2.13. The molecule has 1 unspecified atom stereocenters. The third-order valence-electron chi connectivity index (χ3n) is 3.09. The Morgan fingerprint density at radius 2 is 2.00 bits per heavy atom. The van der Waals surface area contributed by atoms with Crippen molar-refractivity contribution in [3.63, 3.8) is 0 Å². The highest BCUT2D eigenvalue weighted by atomic mass is 19.1. The van der Waals surface area contributed by atoms with Crippen molar-refractivity contribution in [2.24, 2.45) is 0 Å². The van der Waals surface area contributed by atoms with Gasteiger partial charge in [-0.05, 0) is 30.7 Å². The van der Waals surface area contributed by atoms with Crippen molar-refractivity contribution in [1.82, 2.24) is 15.6 Å². The molecule has 2 N–H and O–H groups in total. The van der Waals surface area contributed by atoms with Crippen LogP contribution in [-0.2, 0) is 4.79 Å². The van der Waals surface area contributed by atoms with E-state index in [9.17, 15) is 14.0 Å². The zero-order chi connectivity index (χ0) is 15.9. The van der Waals surface area contributed by atoms with Gasteiger partial charge in [0.25, 0.3) is 5.91 Å². The van der Waals surface area contributed by atoms with Crippen molar-refractivity contribution in [1.29, 1.82) is 0 Å². The molecule has 0 spiro atoms. The Balaban J connectivity index is 1.85. The molecule has 2 amide bonds. The van der Waals surface area contributed by atoms with Gasteiger partial charge in [0.05, 0.1) is 18.2 Å². The topological polar surface area (TPSA) is 71.1 Å². The summed E-state index contributed by atoms with van der Waals surface area (Å²) in [6.45, 7) is 1.59. The summed E-state index contributed by atoms with van der Waals surface area (Å²) in [5.41, 5.74) is 0.770. The van der Waals surface area contributed by atoms with Crippen LogP contribution in [0.4, 0.5) is 4.39 Å². The lowest BCUT2D eigenvalue weighted by Crippen LogP contribution is -2.38. The van der Waals surface area contributed by atoms with Crippen LogP contribution < -0.4 is 10.6 Å². The van der Waals surface area contributed by atoms with Gasteiger partial charge in [-0.1, -0.05) is 18.2 Å². The molecule has 0 aliphatic rings. The summed E-state index contributed by atoms with van der Waals surface area (Å²) in [5, 5.41) is 5.12. The molecule has 2 aromatic rings. The first-order valence-corrected chi connectivity index (χ1v) is 6.80. The number of rotatable bonds is 5. The summed E-state index contributed by atoms with van der Waals surface area (Å²) in [6, 6.07) is 9.00. The number of nitrogens with zero attached hydrogens (tertiary/aromatic N) is 1. The first-order valence-electron chi connectivity index (χ1n) is 6.80. The number of pyridine rings is 1. The van der Waals surface area contributed by atoms with Crippen LogP contribution in [0.25, 0.3) is 0 Å². The smallest absolute Gasteiger partial charge is 0.254 e. The number of carbonyl (C=O) groups excluding carboxylic acids is 2. The molecule has 22 heavy (non-hydrogen) atoms. The largest absolute Gasteiger partial charge is 0.348 e. The molecule has 6 heteroatoms. The predicted molar refractivity (Wildman–Crippen MR) is 79.5 cm³/mol. The molecule has 0 radical (unpaired) electrons. The molecule has 0 saturated heterocycles. The lowest BCUT2D eigenvalue weighted by molar-refractivity contribution is -0.120. The lowest BCUT2D eigenvalue weighted by Gasteiger charge is -2.14. The molecule has 0 saturated carbocycles. The Hall–Kier alpha value is -2.76. The molecule has 0 aliphatic heterocycles. The van der Waals surface area contributed by atoms with Crippen LogP contribution in [-0.4, -0.2) is 23.3 Å². The van der Waals surface area contributed by atoms with Gasteiger partial charge in [-0.25, -0.2) is 4.39 Å². The van der Waals surface area contributed by atoms with Gasteiger partial charge >= 0.3 is 0 Å². The Morgan fingerprint density at radius 3 is 2.68 bits per heavy atom. The number of nitrogens with one attached hydrogen (secondary N) is 2. The van der Waals surface area contributed by atoms with Gasteiger partial charge in [-0.3, -0.25) is 14.6 Å². The first kappa shape index (κ1) is 15.6. The van der Waals surface area contributed by atoms with Gasteiger partial charge in [0, 0.05) is 12.4 Å². The van der Waals surface area contributed by atoms with Crippen molar-refractivity contribution < 1.29 is 14.0 Å². The van der Waals surface area contributed by atoms with Gasteiger partial charge in [-0.15, -0.1) is 0 Å². The maximum Gasteiger partial charge on any atom is 0.254 e. The maximum atomic E-state index is 13.4. The van der Waals surface area contributed by atoms with E-state index in [2.05, 4.69) is 15.6 Å². The minimum Gasteiger partial charge on any atom is -0.348 e. The quantitative estimate of drug-likeness (QED) is 0.885. The van der Waals surface area contributed by atoms with Crippen molar-refractivity contribution >= 4 is 11.8 Å². The van der Waals surface area contributed by atoms with E-state index in [-0.39, 0.29) is 24.1 Å². The van der Waals surface area contributed by atoms with Crippen LogP contribution in [0.3, 0.4) is 0 Å². The van der Waals surface area contributed by atoms with E-state index >= 15 is 0 Å². The lowest BCUT2D eigenvalue weighted by atomic mass is 10.1. The molecular formula is C16H16FN3O2. The fourth-order valence-electron chi connectivity index (χ4n) is 1.91. The second-order valence-electron chi connectivity index (χ2n) is 4.74. The van der Waals surface area contributed by atoms with Crippen LogP contribution in [0.1, 0.15) is 28.9 Å². The van der Waals surface area contributed by atoms with E-state index in [1.807, 2.05) is 13.0 Å². The number of amides is 2. The highest BCUT2D eigenvalue weighted by molar-refractivity contribution is 5.96. The molecule has 5 nitrogen and oxygen atoms in total. The molecular weight excluding hydrogens is 285 g/mol. The third-order valence-corrected chi connectivity index (χ3v) is 3.09. The van der Waals surface area contributed by atoms with Crippen molar-refractivity contribution in [3.05, 3.63) is 65.7 Å². The van der Waals surface area contributed by atoms with E-state index in [1.165, 1.54) is 18.2 Å². The second kappa shape index (κ2) is 7.31. The highest BCUT2D eigenvalue weighted by Crippen LogP contribution is 2.09. The minimum atomic E-state index is -0.623. The van der Waals surface area contributed by atoms with Gasteiger partial charge in [0.1, 0.15) is 5.82 Å². The van der Waals surface area contributed by atoms with Crippen LogP contribution >= 0.6 is 0 Å². The predicted octanol–water partition coefficient (Wildman–Crippen LogP) is 1.83.